The molecule has 1 amide bonds. The number of nitrogens with one attached hydrogen (secondary N) is 2. The van der Waals surface area contributed by atoms with Gasteiger partial charge < -0.3 is 29.4 Å². The zero-order chi connectivity index (χ0) is 26.0. The largest absolute Gasteiger partial charge is 0.493 e. The van der Waals surface area contributed by atoms with E-state index in [1.165, 1.54) is 0 Å². The summed E-state index contributed by atoms with van der Waals surface area (Å²) >= 11 is 0. The summed E-state index contributed by atoms with van der Waals surface area (Å²) in [4.78, 5) is 31.0. The number of H-pyrrole nitrogens is 1. The summed E-state index contributed by atoms with van der Waals surface area (Å²) in [7, 11) is 3.19. The van der Waals surface area contributed by atoms with E-state index in [1.54, 1.807) is 14.2 Å². The second-order valence-electron chi connectivity index (χ2n) is 9.17. The summed E-state index contributed by atoms with van der Waals surface area (Å²) in [5.74, 6) is 1.40. The van der Waals surface area contributed by atoms with Gasteiger partial charge in [0, 0.05) is 29.4 Å². The number of fused-ring (bicyclic) bond motifs is 1. The highest BCUT2D eigenvalue weighted by Crippen LogP contribution is 2.44. The Balaban J connectivity index is 1.81. The van der Waals surface area contributed by atoms with E-state index in [9.17, 15) is 9.59 Å². The number of amides is 1. The van der Waals surface area contributed by atoms with Gasteiger partial charge in [-0.15, -0.1) is 0 Å². The number of para-hydroxylation sites is 1. The Bertz CT molecular complexity index is 1350. The van der Waals surface area contributed by atoms with Gasteiger partial charge in [-0.25, -0.2) is 0 Å². The van der Waals surface area contributed by atoms with Crippen molar-refractivity contribution in [1.82, 2.24) is 10.3 Å². The number of carbonyl (C=O) groups is 1. The molecule has 0 aliphatic carbocycles. The highest BCUT2D eigenvalue weighted by Gasteiger charge is 2.28. The first-order valence-electron chi connectivity index (χ1n) is 12.0. The first kappa shape index (κ1) is 25.2. The third-order valence-corrected chi connectivity index (χ3v) is 6.46. The molecule has 0 saturated heterocycles. The van der Waals surface area contributed by atoms with Crippen molar-refractivity contribution in [3.8, 4) is 28.4 Å². The van der Waals surface area contributed by atoms with Crippen LogP contribution in [0.25, 0.3) is 11.1 Å². The zero-order valence-electron chi connectivity index (χ0n) is 21.7. The number of hydrogen-bond acceptors (Lipinski definition) is 6. The molecule has 1 aliphatic heterocycles. The van der Waals surface area contributed by atoms with Gasteiger partial charge in [0.2, 0.25) is 0 Å². The molecule has 2 N–H and O–H groups in total. The SMILES string of the molecule is COc1cccc(-c2cc(C(=O)NCc3c(C)cc(C)[nH]c3=O)c3c(c2)N(C(C)C)CCO3)c1OC. The van der Waals surface area contributed by atoms with E-state index < -0.39 is 0 Å². The predicted molar refractivity (Wildman–Crippen MR) is 141 cm³/mol. The van der Waals surface area contributed by atoms with E-state index in [-0.39, 0.29) is 24.1 Å². The van der Waals surface area contributed by atoms with E-state index in [1.807, 2.05) is 50.2 Å². The second kappa shape index (κ2) is 10.4. The lowest BCUT2D eigenvalue weighted by Gasteiger charge is -2.35. The molecule has 2 heterocycles. The first-order chi connectivity index (χ1) is 17.2. The number of hydrogen-bond donors (Lipinski definition) is 2. The average Bonchev–Trinajstić information content (AvgIpc) is 2.86. The first-order valence-corrected chi connectivity index (χ1v) is 12.0. The molecule has 1 aromatic heterocycles. The molecule has 0 radical (unpaired) electrons. The molecule has 2 aromatic carbocycles. The Morgan fingerprint density at radius 3 is 2.61 bits per heavy atom. The number of carbonyl (C=O) groups excluding carboxylic acids is 1. The van der Waals surface area contributed by atoms with E-state index in [0.29, 0.717) is 41.5 Å². The van der Waals surface area contributed by atoms with Crippen molar-refractivity contribution in [2.24, 2.45) is 0 Å². The minimum Gasteiger partial charge on any atom is -0.493 e. The molecule has 0 fully saturated rings. The minimum atomic E-state index is -0.319. The normalized spacial score (nSPS) is 12.7. The van der Waals surface area contributed by atoms with Crippen LogP contribution in [0.2, 0.25) is 0 Å². The molecule has 190 valence electrons. The van der Waals surface area contributed by atoms with Crippen molar-refractivity contribution in [2.75, 3.05) is 32.3 Å². The number of aryl methyl sites for hydroxylation is 2. The highest BCUT2D eigenvalue weighted by atomic mass is 16.5. The summed E-state index contributed by atoms with van der Waals surface area (Å²) in [5, 5.41) is 2.93. The lowest BCUT2D eigenvalue weighted by molar-refractivity contribution is 0.0946. The van der Waals surface area contributed by atoms with Crippen LogP contribution in [0.3, 0.4) is 0 Å². The van der Waals surface area contributed by atoms with Gasteiger partial charge in [0.05, 0.1) is 32.0 Å². The summed E-state index contributed by atoms with van der Waals surface area (Å²) in [6.07, 6.45) is 0. The smallest absolute Gasteiger partial charge is 0.255 e. The Labute approximate surface area is 211 Å². The fourth-order valence-corrected chi connectivity index (χ4v) is 4.69. The van der Waals surface area contributed by atoms with Crippen LogP contribution in [0, 0.1) is 13.8 Å². The highest BCUT2D eigenvalue weighted by molar-refractivity contribution is 6.01. The third kappa shape index (κ3) is 4.76. The number of aromatic nitrogens is 1. The molecule has 3 aromatic rings. The van der Waals surface area contributed by atoms with Crippen molar-refractivity contribution in [2.45, 2.75) is 40.3 Å². The summed E-state index contributed by atoms with van der Waals surface area (Å²) in [5.41, 5.74) is 4.78. The number of pyridine rings is 1. The Morgan fingerprint density at radius 1 is 1.17 bits per heavy atom. The van der Waals surface area contributed by atoms with E-state index in [2.05, 4.69) is 29.0 Å². The van der Waals surface area contributed by atoms with Gasteiger partial charge in [-0.1, -0.05) is 12.1 Å². The summed E-state index contributed by atoms with van der Waals surface area (Å²) in [6, 6.07) is 11.6. The Hall–Kier alpha value is -3.94. The fraction of sp³-hybridized carbons (Fsp3) is 0.357. The summed E-state index contributed by atoms with van der Waals surface area (Å²) in [6.45, 7) is 9.21. The molecular weight excluding hydrogens is 458 g/mol. The van der Waals surface area contributed by atoms with Crippen LogP contribution in [-0.2, 0) is 6.54 Å². The zero-order valence-corrected chi connectivity index (χ0v) is 21.7. The van der Waals surface area contributed by atoms with Gasteiger partial charge in [-0.05, 0) is 63.1 Å². The van der Waals surface area contributed by atoms with Crippen molar-refractivity contribution in [1.29, 1.82) is 0 Å². The molecule has 0 spiro atoms. The van der Waals surface area contributed by atoms with E-state index >= 15 is 0 Å². The standard InChI is InChI=1S/C28H33N3O5/c1-16(2)31-10-11-36-25-21(27(32)29-15-22-17(3)12-18(4)30-28(22)33)13-19(14-23(25)31)20-8-7-9-24(34-5)26(20)35-6/h7-9,12-14,16H,10-11,15H2,1-6H3,(H,29,32)(H,30,33). The van der Waals surface area contributed by atoms with Crippen LogP contribution in [-0.4, -0.2) is 44.3 Å². The molecular formula is C28H33N3O5. The monoisotopic (exact) mass is 491 g/mol. The molecule has 0 saturated carbocycles. The van der Waals surface area contributed by atoms with Crippen LogP contribution in [0.5, 0.6) is 17.2 Å². The number of benzene rings is 2. The molecule has 1 aliphatic rings. The lowest BCUT2D eigenvalue weighted by atomic mass is 9.97. The van der Waals surface area contributed by atoms with E-state index in [4.69, 9.17) is 14.2 Å². The number of ether oxygens (including phenoxy) is 3. The fourth-order valence-electron chi connectivity index (χ4n) is 4.69. The minimum absolute atomic E-state index is 0.107. The van der Waals surface area contributed by atoms with Crippen molar-refractivity contribution in [3.05, 3.63) is 69.1 Å². The number of methoxy groups -OCH3 is 2. The van der Waals surface area contributed by atoms with Gasteiger partial charge in [-0.2, -0.15) is 0 Å². The predicted octanol–water partition coefficient (Wildman–Crippen LogP) is 4.21. The quantitative estimate of drug-likeness (QED) is 0.514. The molecule has 0 atom stereocenters. The molecule has 8 nitrogen and oxygen atoms in total. The van der Waals surface area contributed by atoms with Crippen LogP contribution in [0.4, 0.5) is 5.69 Å². The number of anilines is 1. The topological polar surface area (TPSA) is 92.9 Å². The molecule has 36 heavy (non-hydrogen) atoms. The van der Waals surface area contributed by atoms with Crippen molar-refractivity contribution in [3.63, 3.8) is 0 Å². The maximum Gasteiger partial charge on any atom is 0.255 e. The maximum absolute atomic E-state index is 13.5. The van der Waals surface area contributed by atoms with Crippen LogP contribution in [0.1, 0.15) is 41.0 Å². The number of nitrogens with zero attached hydrogens (tertiary/aromatic N) is 1. The Kier molecular flexibility index (Phi) is 7.24. The van der Waals surface area contributed by atoms with E-state index in [0.717, 1.165) is 28.1 Å². The lowest BCUT2D eigenvalue weighted by Crippen LogP contribution is -2.39. The van der Waals surface area contributed by atoms with Gasteiger partial charge in [0.15, 0.2) is 17.2 Å². The second-order valence-corrected chi connectivity index (χ2v) is 9.17. The Morgan fingerprint density at radius 2 is 1.94 bits per heavy atom. The van der Waals surface area contributed by atoms with Gasteiger partial charge >= 0.3 is 0 Å². The van der Waals surface area contributed by atoms with Crippen LogP contribution in [0.15, 0.2) is 41.2 Å². The van der Waals surface area contributed by atoms with Gasteiger partial charge in [0.1, 0.15) is 6.61 Å². The molecule has 4 rings (SSSR count). The molecule has 0 unspecified atom stereocenters. The van der Waals surface area contributed by atoms with Crippen molar-refractivity contribution < 1.29 is 19.0 Å². The van der Waals surface area contributed by atoms with Gasteiger partial charge in [-0.3, -0.25) is 9.59 Å². The summed E-state index contributed by atoms with van der Waals surface area (Å²) < 4.78 is 17.2. The third-order valence-electron chi connectivity index (χ3n) is 6.46. The molecule has 8 heteroatoms. The average molecular weight is 492 g/mol. The number of rotatable bonds is 7. The van der Waals surface area contributed by atoms with Crippen molar-refractivity contribution >= 4 is 11.6 Å². The van der Waals surface area contributed by atoms with Gasteiger partial charge in [0.25, 0.3) is 11.5 Å². The van der Waals surface area contributed by atoms with Crippen LogP contribution < -0.4 is 30.0 Å². The number of aromatic amines is 1. The van der Waals surface area contributed by atoms with Crippen LogP contribution >= 0.6 is 0 Å². The maximum atomic E-state index is 13.5. The molecule has 0 bridgehead atoms.